The number of hydrogen-bond acceptors (Lipinski definition) is 13. The summed E-state index contributed by atoms with van der Waals surface area (Å²) in [6.45, 7) is 0.103. The first kappa shape index (κ1) is 27.9. The largest absolute Gasteiger partial charge is 0.747 e. The topological polar surface area (TPSA) is 242 Å². The van der Waals surface area contributed by atoms with Crippen LogP contribution in [0.4, 0.5) is 11.4 Å². The second-order valence-electron chi connectivity index (χ2n) is 6.47. The molecule has 0 saturated carbocycles. The van der Waals surface area contributed by atoms with E-state index in [4.69, 9.17) is 5.53 Å². The molecule has 0 aliphatic carbocycles. The molecule has 0 aromatic heterocycles. The maximum absolute atomic E-state index is 12.3. The Morgan fingerprint density at radius 3 is 2.60 bits per heavy atom. The van der Waals surface area contributed by atoms with Crippen LogP contribution in [0.15, 0.2) is 23.3 Å². The Balaban J connectivity index is 1.72. The van der Waals surface area contributed by atoms with Crippen LogP contribution >= 0.6 is 21.6 Å². The molecule has 1 aromatic rings. The molecule has 188 valence electrons. The van der Waals surface area contributed by atoms with E-state index in [1.165, 1.54) is 27.7 Å². The lowest BCUT2D eigenvalue weighted by atomic mass is 10.1. The minimum absolute atomic E-state index is 0.0219. The molecule has 1 heterocycles. The van der Waals surface area contributed by atoms with Crippen molar-refractivity contribution in [2.45, 2.75) is 18.1 Å². The molecule has 3 amide bonds. The highest BCUT2D eigenvalue weighted by molar-refractivity contribution is 8.76. The quantitative estimate of drug-likeness (QED) is 0.0446. The third-order valence-electron chi connectivity index (χ3n) is 4.13. The van der Waals surface area contributed by atoms with Crippen molar-refractivity contribution in [3.8, 4) is 0 Å². The van der Waals surface area contributed by atoms with Gasteiger partial charge in [-0.25, -0.2) is 13.2 Å². The van der Waals surface area contributed by atoms with Gasteiger partial charge < -0.3 is 14.7 Å². The highest BCUT2D eigenvalue weighted by atomic mass is 33.1. The molecule has 2 rings (SSSR count). The van der Waals surface area contributed by atoms with Crippen molar-refractivity contribution >= 4 is 66.8 Å². The van der Waals surface area contributed by atoms with Gasteiger partial charge in [-0.3, -0.25) is 24.5 Å². The zero-order chi connectivity index (χ0) is 26.2. The first-order valence-corrected chi connectivity index (χ1v) is 13.3. The molecule has 35 heavy (non-hydrogen) atoms. The van der Waals surface area contributed by atoms with Crippen LogP contribution < -0.4 is 5.32 Å². The third kappa shape index (κ3) is 7.82. The number of carbonyl (C=O) groups excluding carboxylic acids is 4. The van der Waals surface area contributed by atoms with Gasteiger partial charge in [0.05, 0.1) is 17.8 Å². The number of rotatable bonds is 12. The van der Waals surface area contributed by atoms with E-state index in [1.54, 1.807) is 0 Å². The summed E-state index contributed by atoms with van der Waals surface area (Å²) in [4.78, 5) is 64.9. The average molecular weight is 548 g/mol. The Morgan fingerprint density at radius 1 is 1.31 bits per heavy atom. The number of nitro benzene ring substituents is 1. The summed E-state index contributed by atoms with van der Waals surface area (Å²) in [5.74, 6) is -3.78. The molecular weight excluding hydrogens is 532 g/mol. The summed E-state index contributed by atoms with van der Waals surface area (Å²) < 4.78 is 32.9. The van der Waals surface area contributed by atoms with E-state index in [-0.39, 0.29) is 35.0 Å². The van der Waals surface area contributed by atoms with E-state index in [1.807, 2.05) is 0 Å². The van der Waals surface area contributed by atoms with Crippen molar-refractivity contribution in [1.29, 1.82) is 0 Å². The van der Waals surface area contributed by atoms with Gasteiger partial charge in [-0.1, -0.05) is 26.7 Å². The Bertz CT molecular complexity index is 1200. The number of nitro groups is 1. The lowest BCUT2D eigenvalue weighted by Gasteiger charge is -2.15. The average Bonchev–Trinajstić information content (AvgIpc) is 3.07. The molecule has 1 saturated heterocycles. The first-order chi connectivity index (χ1) is 16.5. The standard InChI is InChI=1S/C16H16N6O10S3/c17-20-19-9-1-2-11(22(27)28)10(7-9)15(25)18-4-6-34-33-5-3-14(24)32-21-13(23)8-12(16(21)26)35(29,30)31/h1-2,7,12H,3-6,8H2,(H,18,25)(H,29,30,31)/p-1. The number of nitrogens with zero attached hydrogens (tertiary/aromatic N) is 5. The molecule has 0 spiro atoms. The van der Waals surface area contributed by atoms with Crippen LogP contribution in [-0.4, -0.2) is 69.9 Å². The monoisotopic (exact) mass is 547 g/mol. The number of imide groups is 1. The number of hydroxylamine groups is 2. The van der Waals surface area contributed by atoms with Gasteiger partial charge >= 0.3 is 5.97 Å². The van der Waals surface area contributed by atoms with Crippen molar-refractivity contribution in [1.82, 2.24) is 10.4 Å². The molecule has 1 N–H and O–H groups in total. The van der Waals surface area contributed by atoms with Gasteiger partial charge in [0.25, 0.3) is 23.4 Å². The Kier molecular flexibility index (Phi) is 9.84. The van der Waals surface area contributed by atoms with E-state index < -0.39 is 56.1 Å². The van der Waals surface area contributed by atoms with Crippen LogP contribution in [0, 0.1) is 10.1 Å². The number of amides is 3. The van der Waals surface area contributed by atoms with Crippen LogP contribution in [0.1, 0.15) is 23.2 Å². The zero-order valence-electron chi connectivity index (χ0n) is 17.4. The summed E-state index contributed by atoms with van der Waals surface area (Å²) in [7, 11) is -2.66. The van der Waals surface area contributed by atoms with Crippen LogP contribution in [0.25, 0.3) is 10.4 Å². The summed E-state index contributed by atoms with van der Waals surface area (Å²) in [5, 5.41) is 14.7. The van der Waals surface area contributed by atoms with E-state index in [9.17, 15) is 42.3 Å². The van der Waals surface area contributed by atoms with Gasteiger partial charge in [0.2, 0.25) is 0 Å². The number of benzene rings is 1. The first-order valence-electron chi connectivity index (χ1n) is 9.34. The predicted molar refractivity (Wildman–Crippen MR) is 120 cm³/mol. The van der Waals surface area contributed by atoms with Crippen LogP contribution in [0.5, 0.6) is 0 Å². The fourth-order valence-electron chi connectivity index (χ4n) is 2.57. The molecule has 0 bridgehead atoms. The van der Waals surface area contributed by atoms with Crippen LogP contribution in [0.3, 0.4) is 0 Å². The summed E-state index contributed by atoms with van der Waals surface area (Å²) in [6.07, 6.45) is -1.15. The van der Waals surface area contributed by atoms with Crippen LogP contribution in [-0.2, 0) is 29.3 Å². The maximum Gasteiger partial charge on any atom is 0.334 e. The molecule has 16 nitrogen and oxygen atoms in total. The van der Waals surface area contributed by atoms with Crippen molar-refractivity contribution in [3.05, 3.63) is 44.3 Å². The van der Waals surface area contributed by atoms with E-state index >= 15 is 0 Å². The van der Waals surface area contributed by atoms with Crippen LogP contribution in [0.2, 0.25) is 0 Å². The van der Waals surface area contributed by atoms with Crippen molar-refractivity contribution in [3.63, 3.8) is 0 Å². The van der Waals surface area contributed by atoms with Gasteiger partial charge in [0, 0.05) is 34.7 Å². The minimum atomic E-state index is -5.06. The fourth-order valence-corrected chi connectivity index (χ4v) is 5.14. The molecule has 0 radical (unpaired) electrons. The SMILES string of the molecule is [N-]=[N+]=Nc1ccc([N+](=O)[O-])c(C(=O)NCCSSCCC(=O)ON2C(=O)CC(S(=O)(=O)[O-])C2=O)c1. The normalized spacial score (nSPS) is 15.5. The van der Waals surface area contributed by atoms with E-state index in [0.717, 1.165) is 12.1 Å². The Labute approximate surface area is 204 Å². The number of carbonyl (C=O) groups is 4. The molecule has 1 aliphatic rings. The van der Waals surface area contributed by atoms with Gasteiger partial charge in [-0.15, -0.1) is 5.06 Å². The lowest BCUT2D eigenvalue weighted by molar-refractivity contribution is -0.385. The van der Waals surface area contributed by atoms with Gasteiger partial charge in [0.15, 0.2) is 0 Å². The maximum atomic E-state index is 12.3. The highest BCUT2D eigenvalue weighted by Gasteiger charge is 2.45. The lowest BCUT2D eigenvalue weighted by Crippen LogP contribution is -2.36. The molecule has 1 unspecified atom stereocenters. The van der Waals surface area contributed by atoms with Crippen molar-refractivity contribution in [2.24, 2.45) is 5.11 Å². The summed E-state index contributed by atoms with van der Waals surface area (Å²) in [6, 6.07) is 3.34. The van der Waals surface area contributed by atoms with Crippen molar-refractivity contribution in [2.75, 3.05) is 18.1 Å². The molecule has 1 fully saturated rings. The number of azide groups is 1. The van der Waals surface area contributed by atoms with E-state index in [0.29, 0.717) is 5.75 Å². The van der Waals surface area contributed by atoms with Gasteiger partial charge in [-0.2, -0.15) is 0 Å². The summed E-state index contributed by atoms with van der Waals surface area (Å²) in [5.41, 5.74) is 7.75. The zero-order valence-corrected chi connectivity index (χ0v) is 19.8. The number of hydrogen-bond donors (Lipinski definition) is 1. The number of nitrogens with one attached hydrogen (secondary N) is 1. The Morgan fingerprint density at radius 2 is 2.00 bits per heavy atom. The van der Waals surface area contributed by atoms with E-state index in [2.05, 4.69) is 20.2 Å². The highest BCUT2D eigenvalue weighted by Crippen LogP contribution is 2.25. The molecule has 19 heteroatoms. The summed E-state index contributed by atoms with van der Waals surface area (Å²) >= 11 is 0. The molecule has 1 aromatic carbocycles. The molecule has 1 aliphatic heterocycles. The fraction of sp³-hybridized carbons (Fsp3) is 0.375. The smallest absolute Gasteiger partial charge is 0.334 e. The molecule has 1 atom stereocenters. The third-order valence-corrected chi connectivity index (χ3v) is 7.60. The second-order valence-corrected chi connectivity index (χ2v) is 10.7. The second kappa shape index (κ2) is 12.4. The predicted octanol–water partition coefficient (Wildman–Crippen LogP) is 1.17. The van der Waals surface area contributed by atoms with Gasteiger partial charge in [0.1, 0.15) is 20.9 Å². The Hall–Kier alpha value is -3.38. The van der Waals surface area contributed by atoms with Crippen molar-refractivity contribution < 1.29 is 41.9 Å². The minimum Gasteiger partial charge on any atom is -0.747 e. The molecular formula is C16H15N6O10S3-. The van der Waals surface area contributed by atoms with Gasteiger partial charge in [-0.05, 0) is 17.7 Å².